The molecule has 1 amide bonds. The molecule has 9 heteroatoms. The highest BCUT2D eigenvalue weighted by Gasteiger charge is 2.07. The number of hydrogen-bond donors (Lipinski definition) is 2. The summed E-state index contributed by atoms with van der Waals surface area (Å²) >= 11 is 10.4. The van der Waals surface area contributed by atoms with E-state index in [0.717, 1.165) is 31.7 Å². The van der Waals surface area contributed by atoms with Gasteiger partial charge < -0.3 is 10.6 Å². The Bertz CT molecular complexity index is 621. The number of anilines is 1. The molecule has 0 aliphatic carbocycles. The number of carbonyl (C=O) groups is 1. The van der Waals surface area contributed by atoms with Gasteiger partial charge in [-0.2, -0.15) is 0 Å². The molecule has 0 atom stereocenters. The normalized spacial score (nSPS) is 10.5. The summed E-state index contributed by atoms with van der Waals surface area (Å²) in [7, 11) is 0. The second-order valence-electron chi connectivity index (χ2n) is 4.34. The van der Waals surface area contributed by atoms with Crippen LogP contribution in [0.15, 0.2) is 33.5 Å². The van der Waals surface area contributed by atoms with Gasteiger partial charge in [-0.15, -0.1) is 22.0 Å². The first-order valence-corrected chi connectivity index (χ1v) is 10.2. The fraction of sp³-hybridized carbons (Fsp3) is 0.357. The lowest BCUT2D eigenvalue weighted by Gasteiger charge is -2.04. The van der Waals surface area contributed by atoms with Gasteiger partial charge in [0.2, 0.25) is 11.0 Å². The van der Waals surface area contributed by atoms with E-state index in [0.29, 0.717) is 12.3 Å². The number of rotatable bonds is 9. The van der Waals surface area contributed by atoms with Crippen LogP contribution in [0.3, 0.4) is 0 Å². The monoisotopic (exact) mass is 388 g/mol. The summed E-state index contributed by atoms with van der Waals surface area (Å²) in [6.45, 7) is 3.44. The Balaban J connectivity index is 1.60. The minimum atomic E-state index is 0.00640. The largest absolute Gasteiger partial charge is 0.360 e. The van der Waals surface area contributed by atoms with Gasteiger partial charge in [-0.1, -0.05) is 34.7 Å². The van der Waals surface area contributed by atoms with Gasteiger partial charge in [0.05, 0.1) is 5.75 Å². The van der Waals surface area contributed by atoms with E-state index in [1.807, 2.05) is 31.2 Å². The van der Waals surface area contributed by atoms with Gasteiger partial charge in [0.25, 0.3) is 0 Å². The number of nitrogens with one attached hydrogen (secondary N) is 2. The van der Waals surface area contributed by atoms with Gasteiger partial charge in [0.1, 0.15) is 0 Å². The van der Waals surface area contributed by atoms with E-state index in [4.69, 9.17) is 11.6 Å². The zero-order valence-corrected chi connectivity index (χ0v) is 15.7. The molecule has 23 heavy (non-hydrogen) atoms. The maximum absolute atomic E-state index is 11.8. The third-order valence-electron chi connectivity index (χ3n) is 2.57. The molecule has 0 aliphatic heterocycles. The highest BCUT2D eigenvalue weighted by molar-refractivity contribution is 8.01. The van der Waals surface area contributed by atoms with Crippen molar-refractivity contribution in [2.45, 2.75) is 16.2 Å². The summed E-state index contributed by atoms with van der Waals surface area (Å²) < 4.78 is 0.798. The van der Waals surface area contributed by atoms with Gasteiger partial charge in [0, 0.05) is 28.8 Å². The average molecular weight is 389 g/mol. The predicted octanol–water partition coefficient (Wildman–Crippen LogP) is 3.62. The number of carbonyl (C=O) groups excluding carboxylic acids is 1. The van der Waals surface area contributed by atoms with Crippen molar-refractivity contribution < 1.29 is 4.79 Å². The van der Waals surface area contributed by atoms with Gasteiger partial charge in [-0.05, 0) is 31.2 Å². The van der Waals surface area contributed by atoms with Crippen molar-refractivity contribution in [2.75, 3.05) is 29.9 Å². The van der Waals surface area contributed by atoms with Gasteiger partial charge in [0.15, 0.2) is 4.34 Å². The molecule has 1 aromatic carbocycles. The van der Waals surface area contributed by atoms with Crippen LogP contribution in [0, 0.1) is 0 Å². The highest BCUT2D eigenvalue weighted by Crippen LogP contribution is 2.25. The highest BCUT2D eigenvalue weighted by atomic mass is 35.5. The third-order valence-corrected chi connectivity index (χ3v) is 5.85. The Morgan fingerprint density at radius 3 is 2.78 bits per heavy atom. The Labute approximate surface area is 153 Å². The second-order valence-corrected chi connectivity index (χ2v) is 8.15. The molecule has 124 valence electrons. The first-order valence-electron chi connectivity index (χ1n) is 7.02. The van der Waals surface area contributed by atoms with E-state index in [-0.39, 0.29) is 5.91 Å². The van der Waals surface area contributed by atoms with Crippen LogP contribution in [0.5, 0.6) is 0 Å². The Kier molecular flexibility index (Phi) is 8.01. The quantitative estimate of drug-likeness (QED) is 0.505. The van der Waals surface area contributed by atoms with Crippen molar-refractivity contribution in [1.82, 2.24) is 15.5 Å². The molecule has 0 radical (unpaired) electrons. The van der Waals surface area contributed by atoms with Crippen molar-refractivity contribution in [1.29, 1.82) is 0 Å². The van der Waals surface area contributed by atoms with Crippen LogP contribution < -0.4 is 10.6 Å². The zero-order valence-electron chi connectivity index (χ0n) is 12.5. The van der Waals surface area contributed by atoms with Crippen molar-refractivity contribution in [3.05, 3.63) is 29.3 Å². The summed E-state index contributed by atoms with van der Waals surface area (Å²) in [5.74, 6) is 1.18. The summed E-state index contributed by atoms with van der Waals surface area (Å²) in [5.41, 5.74) is 0. The molecule has 0 spiro atoms. The van der Waals surface area contributed by atoms with Crippen LogP contribution >= 0.6 is 46.5 Å². The van der Waals surface area contributed by atoms with E-state index in [1.165, 1.54) is 23.1 Å². The van der Waals surface area contributed by atoms with Crippen molar-refractivity contribution >= 4 is 57.5 Å². The number of benzene rings is 1. The van der Waals surface area contributed by atoms with Gasteiger partial charge >= 0.3 is 0 Å². The molecule has 1 aromatic heterocycles. The van der Waals surface area contributed by atoms with Crippen LogP contribution in [-0.4, -0.2) is 40.7 Å². The van der Waals surface area contributed by atoms with Crippen molar-refractivity contribution in [2.24, 2.45) is 0 Å². The third kappa shape index (κ3) is 6.99. The number of halogens is 1. The number of hydrogen-bond acceptors (Lipinski definition) is 7. The van der Waals surface area contributed by atoms with E-state index in [1.54, 1.807) is 11.8 Å². The number of aromatic nitrogens is 2. The molecule has 2 rings (SSSR count). The van der Waals surface area contributed by atoms with Gasteiger partial charge in [-0.3, -0.25) is 4.79 Å². The zero-order chi connectivity index (χ0) is 16.5. The van der Waals surface area contributed by atoms with Crippen LogP contribution in [-0.2, 0) is 4.79 Å². The second kappa shape index (κ2) is 10.0. The minimum Gasteiger partial charge on any atom is -0.360 e. The molecule has 0 aliphatic rings. The van der Waals surface area contributed by atoms with Gasteiger partial charge in [-0.25, -0.2) is 0 Å². The first-order chi connectivity index (χ1) is 11.2. The van der Waals surface area contributed by atoms with E-state index < -0.39 is 0 Å². The lowest BCUT2D eigenvalue weighted by molar-refractivity contribution is -0.118. The number of nitrogens with zero attached hydrogens (tertiary/aromatic N) is 2. The smallest absolute Gasteiger partial charge is 0.230 e. The van der Waals surface area contributed by atoms with E-state index in [9.17, 15) is 4.79 Å². The lowest BCUT2D eigenvalue weighted by atomic mass is 10.4. The number of amides is 1. The molecule has 1 heterocycles. The molecule has 5 nitrogen and oxygen atoms in total. The molecule has 2 aromatic rings. The maximum Gasteiger partial charge on any atom is 0.230 e. The molecular weight excluding hydrogens is 372 g/mol. The Morgan fingerprint density at radius 1 is 1.26 bits per heavy atom. The molecule has 0 fully saturated rings. The van der Waals surface area contributed by atoms with Crippen LogP contribution in [0.2, 0.25) is 5.02 Å². The standard InChI is InChI=1S/C14H17ClN4OS3/c1-2-16-13-18-19-14(23-13)22-9-12(20)17-7-8-21-11-5-3-10(15)4-6-11/h3-6H,2,7-9H2,1H3,(H,16,18)(H,17,20). The van der Waals surface area contributed by atoms with Crippen LogP contribution in [0.4, 0.5) is 5.13 Å². The van der Waals surface area contributed by atoms with Crippen molar-refractivity contribution in [3.63, 3.8) is 0 Å². The van der Waals surface area contributed by atoms with E-state index >= 15 is 0 Å². The molecule has 0 unspecified atom stereocenters. The SMILES string of the molecule is CCNc1nnc(SCC(=O)NCCSc2ccc(Cl)cc2)s1. The summed E-state index contributed by atoms with van der Waals surface area (Å²) in [6, 6.07) is 7.68. The summed E-state index contributed by atoms with van der Waals surface area (Å²) in [6.07, 6.45) is 0. The Hall–Kier alpha value is -0.960. The molecular formula is C14H17ClN4OS3. The van der Waals surface area contributed by atoms with Crippen LogP contribution in [0.1, 0.15) is 6.92 Å². The van der Waals surface area contributed by atoms with E-state index in [2.05, 4.69) is 20.8 Å². The Morgan fingerprint density at radius 2 is 2.04 bits per heavy atom. The molecule has 2 N–H and O–H groups in total. The lowest BCUT2D eigenvalue weighted by Crippen LogP contribution is -2.27. The maximum atomic E-state index is 11.8. The number of thioether (sulfide) groups is 2. The first kappa shape index (κ1) is 18.4. The fourth-order valence-electron chi connectivity index (χ4n) is 1.56. The topological polar surface area (TPSA) is 66.9 Å². The minimum absolute atomic E-state index is 0.00640. The molecule has 0 saturated heterocycles. The average Bonchev–Trinajstić information content (AvgIpc) is 2.99. The van der Waals surface area contributed by atoms with Crippen LogP contribution in [0.25, 0.3) is 0 Å². The molecule has 0 bridgehead atoms. The fourth-order valence-corrected chi connectivity index (χ4v) is 4.10. The summed E-state index contributed by atoms with van der Waals surface area (Å²) in [5, 5.41) is 15.5. The van der Waals surface area contributed by atoms with Crippen molar-refractivity contribution in [3.8, 4) is 0 Å². The molecule has 0 saturated carbocycles. The summed E-state index contributed by atoms with van der Waals surface area (Å²) in [4.78, 5) is 12.9. The predicted molar refractivity (Wildman–Crippen MR) is 100.0 cm³/mol.